The van der Waals surface area contributed by atoms with Crippen molar-refractivity contribution < 1.29 is 13.6 Å². The molecule has 0 spiro atoms. The van der Waals surface area contributed by atoms with Crippen molar-refractivity contribution in [1.29, 1.82) is 0 Å². The van der Waals surface area contributed by atoms with Crippen LogP contribution in [0.5, 0.6) is 0 Å². The number of nitrogens with one attached hydrogen (secondary N) is 2. The summed E-state index contributed by atoms with van der Waals surface area (Å²) in [5.41, 5.74) is 1.72. The Hall–Kier alpha value is -2.76. The van der Waals surface area contributed by atoms with Gasteiger partial charge in [0.2, 0.25) is 0 Å². The van der Waals surface area contributed by atoms with Gasteiger partial charge < -0.3 is 10.6 Å². The monoisotopic (exact) mass is 357 g/mol. The van der Waals surface area contributed by atoms with E-state index < -0.39 is 17.5 Å². The molecule has 0 fully saturated rings. The highest BCUT2D eigenvalue weighted by atomic mass is 19.1. The number of amides is 1. The third kappa shape index (κ3) is 4.88. The van der Waals surface area contributed by atoms with Gasteiger partial charge >= 0.3 is 0 Å². The van der Waals surface area contributed by atoms with Gasteiger partial charge in [-0.25, -0.2) is 13.8 Å². The predicted octanol–water partition coefficient (Wildman–Crippen LogP) is 4.91. The minimum absolute atomic E-state index is 0.0700. The molecule has 1 aromatic heterocycles. The summed E-state index contributed by atoms with van der Waals surface area (Å²) in [5.74, 6) is -1.32. The maximum atomic E-state index is 13.6. The molecule has 0 saturated heterocycles. The van der Waals surface area contributed by atoms with Gasteiger partial charge in [-0.3, -0.25) is 4.79 Å². The summed E-state index contributed by atoms with van der Waals surface area (Å²) in [7, 11) is 0. The van der Waals surface area contributed by atoms with Crippen LogP contribution >= 0.6 is 0 Å². The van der Waals surface area contributed by atoms with Gasteiger partial charge in [0, 0.05) is 18.8 Å². The van der Waals surface area contributed by atoms with Crippen LogP contribution in [-0.2, 0) is 0 Å². The van der Waals surface area contributed by atoms with Gasteiger partial charge in [0.25, 0.3) is 5.91 Å². The number of halogens is 2. The van der Waals surface area contributed by atoms with Crippen molar-refractivity contribution >= 4 is 17.4 Å². The number of nitrogens with zero attached hydrogens (tertiary/aromatic N) is 1. The third-order valence-electron chi connectivity index (χ3n) is 4.34. The summed E-state index contributed by atoms with van der Waals surface area (Å²) < 4.78 is 26.5. The van der Waals surface area contributed by atoms with E-state index in [9.17, 15) is 13.6 Å². The second-order valence-electron chi connectivity index (χ2n) is 6.30. The predicted molar refractivity (Wildman–Crippen MR) is 98.2 cm³/mol. The SMILES string of the molecule is O=C(Nc1ccc(F)cc1F)c1ccc(NCCC2=CCCCC2)nc1. The lowest BCUT2D eigenvalue weighted by Gasteiger charge is -2.13. The quantitative estimate of drug-likeness (QED) is 0.722. The smallest absolute Gasteiger partial charge is 0.257 e. The Morgan fingerprint density at radius 2 is 2.04 bits per heavy atom. The van der Waals surface area contributed by atoms with E-state index in [-0.39, 0.29) is 5.69 Å². The van der Waals surface area contributed by atoms with Gasteiger partial charge in [0.05, 0.1) is 11.3 Å². The average Bonchev–Trinajstić information content (AvgIpc) is 2.65. The van der Waals surface area contributed by atoms with E-state index in [2.05, 4.69) is 21.7 Å². The molecule has 1 amide bonds. The molecular weight excluding hydrogens is 336 g/mol. The molecule has 0 saturated carbocycles. The number of carbonyl (C=O) groups is 1. The minimum Gasteiger partial charge on any atom is -0.370 e. The second kappa shape index (κ2) is 8.56. The van der Waals surface area contributed by atoms with Crippen molar-refractivity contribution in [3.8, 4) is 0 Å². The van der Waals surface area contributed by atoms with Crippen LogP contribution in [0.4, 0.5) is 20.3 Å². The van der Waals surface area contributed by atoms with Crippen LogP contribution in [-0.4, -0.2) is 17.4 Å². The molecule has 0 aliphatic heterocycles. The van der Waals surface area contributed by atoms with Crippen molar-refractivity contribution in [2.24, 2.45) is 0 Å². The molecule has 0 atom stereocenters. The normalized spacial score (nSPS) is 13.8. The van der Waals surface area contributed by atoms with Crippen LogP contribution in [0.25, 0.3) is 0 Å². The van der Waals surface area contributed by atoms with Crippen LogP contribution in [0.3, 0.4) is 0 Å². The Morgan fingerprint density at radius 3 is 2.73 bits per heavy atom. The van der Waals surface area contributed by atoms with Crippen LogP contribution < -0.4 is 10.6 Å². The van der Waals surface area contributed by atoms with E-state index in [0.29, 0.717) is 11.4 Å². The fourth-order valence-corrected chi connectivity index (χ4v) is 2.90. The lowest BCUT2D eigenvalue weighted by molar-refractivity contribution is 0.102. The van der Waals surface area contributed by atoms with Crippen LogP contribution in [0.15, 0.2) is 48.2 Å². The van der Waals surface area contributed by atoms with E-state index in [1.165, 1.54) is 43.5 Å². The van der Waals surface area contributed by atoms with Crippen molar-refractivity contribution in [1.82, 2.24) is 4.98 Å². The number of hydrogen-bond acceptors (Lipinski definition) is 3. The molecule has 2 aromatic rings. The van der Waals surface area contributed by atoms with Gasteiger partial charge in [-0.15, -0.1) is 0 Å². The highest BCUT2D eigenvalue weighted by Crippen LogP contribution is 2.20. The lowest BCUT2D eigenvalue weighted by Crippen LogP contribution is -2.14. The zero-order chi connectivity index (χ0) is 18.4. The number of anilines is 2. The van der Waals surface area contributed by atoms with Crippen LogP contribution in [0.1, 0.15) is 42.5 Å². The zero-order valence-corrected chi connectivity index (χ0v) is 14.4. The largest absolute Gasteiger partial charge is 0.370 e. The summed E-state index contributed by atoms with van der Waals surface area (Å²) in [6, 6.07) is 6.33. The topological polar surface area (TPSA) is 54.0 Å². The Kier molecular flexibility index (Phi) is 5.94. The molecule has 26 heavy (non-hydrogen) atoms. The summed E-state index contributed by atoms with van der Waals surface area (Å²) in [6.45, 7) is 0.797. The maximum Gasteiger partial charge on any atom is 0.257 e. The Labute approximate surface area is 151 Å². The summed E-state index contributed by atoms with van der Waals surface area (Å²) in [6.07, 6.45) is 9.64. The highest BCUT2D eigenvalue weighted by Gasteiger charge is 2.11. The molecule has 6 heteroatoms. The van der Waals surface area contributed by atoms with E-state index in [0.717, 1.165) is 25.1 Å². The number of carbonyl (C=O) groups excluding carboxylic acids is 1. The van der Waals surface area contributed by atoms with Gasteiger partial charge in [-0.05, 0) is 56.4 Å². The van der Waals surface area contributed by atoms with Crippen molar-refractivity contribution in [3.05, 3.63) is 65.4 Å². The standard InChI is InChI=1S/C20H21F2N3O/c21-16-7-8-18(17(22)12-16)25-20(26)15-6-9-19(24-13-15)23-11-10-14-4-2-1-3-5-14/h4,6-9,12-13H,1-3,5,10-11H2,(H,23,24)(H,25,26). The van der Waals surface area contributed by atoms with Gasteiger partial charge in [0.15, 0.2) is 0 Å². The first-order chi connectivity index (χ1) is 12.6. The first kappa shape index (κ1) is 18.0. The fourth-order valence-electron chi connectivity index (χ4n) is 2.90. The first-order valence-corrected chi connectivity index (χ1v) is 8.76. The van der Waals surface area contributed by atoms with Crippen molar-refractivity contribution in [2.75, 3.05) is 17.2 Å². The summed E-state index contributed by atoms with van der Waals surface area (Å²) in [5, 5.41) is 5.65. The highest BCUT2D eigenvalue weighted by molar-refractivity contribution is 6.04. The molecule has 0 radical (unpaired) electrons. The molecule has 0 unspecified atom stereocenters. The van der Waals surface area contributed by atoms with Gasteiger partial charge in [-0.1, -0.05) is 11.6 Å². The van der Waals surface area contributed by atoms with Crippen LogP contribution in [0, 0.1) is 11.6 Å². The third-order valence-corrected chi connectivity index (χ3v) is 4.34. The lowest BCUT2D eigenvalue weighted by atomic mass is 9.97. The first-order valence-electron chi connectivity index (χ1n) is 8.76. The van der Waals surface area contributed by atoms with Crippen molar-refractivity contribution in [2.45, 2.75) is 32.1 Å². The van der Waals surface area contributed by atoms with Crippen LogP contribution in [0.2, 0.25) is 0 Å². The molecule has 1 heterocycles. The molecule has 1 aromatic carbocycles. The number of pyridine rings is 1. The van der Waals surface area contributed by atoms with Gasteiger partial charge in [-0.2, -0.15) is 0 Å². The summed E-state index contributed by atoms with van der Waals surface area (Å²) >= 11 is 0. The average molecular weight is 357 g/mol. The molecule has 4 nitrogen and oxygen atoms in total. The molecule has 1 aliphatic rings. The number of allylic oxidation sites excluding steroid dienone is 1. The number of hydrogen-bond donors (Lipinski definition) is 2. The molecule has 3 rings (SSSR count). The Morgan fingerprint density at radius 1 is 1.15 bits per heavy atom. The van der Waals surface area contributed by atoms with E-state index in [1.807, 2.05) is 0 Å². The van der Waals surface area contributed by atoms with E-state index >= 15 is 0 Å². The minimum atomic E-state index is -0.818. The Balaban J connectivity index is 1.53. The molecular formula is C20H21F2N3O. The Bertz CT molecular complexity index is 803. The zero-order valence-electron chi connectivity index (χ0n) is 14.4. The second-order valence-corrected chi connectivity index (χ2v) is 6.30. The molecule has 0 bridgehead atoms. The molecule has 136 valence electrons. The number of rotatable bonds is 6. The number of benzene rings is 1. The van der Waals surface area contributed by atoms with E-state index in [1.54, 1.807) is 12.1 Å². The van der Waals surface area contributed by atoms with Crippen molar-refractivity contribution in [3.63, 3.8) is 0 Å². The maximum absolute atomic E-state index is 13.6. The molecule has 2 N–H and O–H groups in total. The molecule has 1 aliphatic carbocycles. The number of aromatic nitrogens is 1. The fraction of sp³-hybridized carbons (Fsp3) is 0.300. The summed E-state index contributed by atoms with van der Waals surface area (Å²) in [4.78, 5) is 16.4. The van der Waals surface area contributed by atoms with E-state index in [4.69, 9.17) is 0 Å². The van der Waals surface area contributed by atoms with Gasteiger partial charge in [0.1, 0.15) is 17.5 Å².